The molecule has 1 aromatic carbocycles. The molecule has 1 saturated heterocycles. The molecule has 3 heterocycles. The van der Waals surface area contributed by atoms with Crippen LogP contribution in [0.2, 0.25) is 5.02 Å². The highest BCUT2D eigenvalue weighted by Gasteiger charge is 2.28. The largest absolute Gasteiger partial charge is 0.450 e. The van der Waals surface area contributed by atoms with Crippen LogP contribution >= 0.6 is 11.6 Å². The molecule has 2 N–H and O–H groups in total. The number of fused-ring (bicyclic) bond motifs is 3. The summed E-state index contributed by atoms with van der Waals surface area (Å²) in [6, 6.07) is 6.01. The van der Waals surface area contributed by atoms with Gasteiger partial charge in [0, 0.05) is 29.5 Å². The first-order chi connectivity index (χ1) is 11.0. The van der Waals surface area contributed by atoms with E-state index < -0.39 is 0 Å². The lowest BCUT2D eigenvalue weighted by molar-refractivity contribution is 0.315. The molecule has 23 heavy (non-hydrogen) atoms. The number of hydrogen-bond acceptors (Lipinski definition) is 6. The highest BCUT2D eigenvalue weighted by atomic mass is 35.5. The normalized spacial score (nSPS) is 18.6. The van der Waals surface area contributed by atoms with Gasteiger partial charge in [0.2, 0.25) is 5.95 Å². The Morgan fingerprint density at radius 3 is 2.91 bits per heavy atom. The summed E-state index contributed by atoms with van der Waals surface area (Å²) < 4.78 is 6.01. The van der Waals surface area contributed by atoms with Gasteiger partial charge >= 0.3 is 0 Å². The number of rotatable bonds is 2. The Kier molecular flexibility index (Phi) is 3.32. The fourth-order valence-electron chi connectivity index (χ4n) is 3.19. The van der Waals surface area contributed by atoms with Crippen LogP contribution in [0, 0.1) is 0 Å². The summed E-state index contributed by atoms with van der Waals surface area (Å²) in [7, 11) is 4.20. The molecule has 0 aliphatic carbocycles. The maximum absolute atomic E-state index is 6.10. The van der Waals surface area contributed by atoms with Gasteiger partial charge in [-0.15, -0.1) is 0 Å². The molecule has 0 amide bonds. The van der Waals surface area contributed by atoms with E-state index in [1.54, 1.807) is 6.07 Å². The van der Waals surface area contributed by atoms with Crippen molar-refractivity contribution in [2.24, 2.45) is 0 Å². The van der Waals surface area contributed by atoms with Gasteiger partial charge in [0.15, 0.2) is 11.4 Å². The molecule has 0 saturated carbocycles. The van der Waals surface area contributed by atoms with Crippen LogP contribution in [-0.2, 0) is 0 Å². The second kappa shape index (κ2) is 5.25. The minimum Gasteiger partial charge on any atom is -0.450 e. The fraction of sp³-hybridized carbons (Fsp3) is 0.375. The van der Waals surface area contributed by atoms with Crippen LogP contribution in [0.15, 0.2) is 22.6 Å². The van der Waals surface area contributed by atoms with Crippen molar-refractivity contribution in [1.82, 2.24) is 14.9 Å². The van der Waals surface area contributed by atoms with E-state index in [4.69, 9.17) is 21.8 Å². The van der Waals surface area contributed by atoms with Crippen LogP contribution in [0.25, 0.3) is 22.1 Å². The van der Waals surface area contributed by atoms with E-state index >= 15 is 0 Å². The van der Waals surface area contributed by atoms with Crippen molar-refractivity contribution in [3.63, 3.8) is 0 Å². The number of benzene rings is 1. The monoisotopic (exact) mass is 331 g/mol. The summed E-state index contributed by atoms with van der Waals surface area (Å²) in [4.78, 5) is 13.3. The Balaban J connectivity index is 1.88. The molecular formula is C16H18ClN5O. The first-order valence-electron chi connectivity index (χ1n) is 7.59. The standard InChI is InChI=1S/C16H18ClN5O/c1-21(2)10-5-6-22(8-10)15-14-13(19-16(18)20-15)11-7-9(17)3-4-12(11)23-14/h3-4,7,10H,5-6,8H2,1-2H3,(H2,18,19,20). The molecule has 0 spiro atoms. The van der Waals surface area contributed by atoms with Crippen molar-refractivity contribution in [2.75, 3.05) is 37.8 Å². The van der Waals surface area contributed by atoms with Crippen LogP contribution in [0.3, 0.4) is 0 Å². The molecule has 1 aliphatic rings. The molecule has 1 fully saturated rings. The summed E-state index contributed by atoms with van der Waals surface area (Å²) in [5.74, 6) is 1.02. The number of furan rings is 1. The third-order valence-electron chi connectivity index (χ3n) is 4.47. The molecule has 0 bridgehead atoms. The summed E-state index contributed by atoms with van der Waals surface area (Å²) in [6.45, 7) is 1.82. The predicted octanol–water partition coefficient (Wildman–Crippen LogP) is 2.75. The van der Waals surface area contributed by atoms with Gasteiger partial charge < -0.3 is 20.0 Å². The molecular weight excluding hydrogens is 314 g/mol. The Morgan fingerprint density at radius 1 is 1.35 bits per heavy atom. The smallest absolute Gasteiger partial charge is 0.222 e. The molecule has 6 nitrogen and oxygen atoms in total. The Labute approximate surface area is 138 Å². The lowest BCUT2D eigenvalue weighted by Crippen LogP contribution is -2.31. The van der Waals surface area contributed by atoms with Crippen molar-refractivity contribution < 1.29 is 4.42 Å². The van der Waals surface area contributed by atoms with Gasteiger partial charge in [0.05, 0.1) is 0 Å². The summed E-state index contributed by atoms with van der Waals surface area (Å²) in [5, 5.41) is 1.51. The highest BCUT2D eigenvalue weighted by Crippen LogP contribution is 2.35. The van der Waals surface area contributed by atoms with Crippen molar-refractivity contribution >= 4 is 45.4 Å². The average Bonchev–Trinajstić information content (AvgIpc) is 3.11. The number of aromatic nitrogens is 2. The summed E-state index contributed by atoms with van der Waals surface area (Å²) >= 11 is 6.10. The minimum absolute atomic E-state index is 0.253. The van der Waals surface area contributed by atoms with Crippen LogP contribution in [0.4, 0.5) is 11.8 Å². The van der Waals surface area contributed by atoms with E-state index in [-0.39, 0.29) is 5.95 Å². The topological polar surface area (TPSA) is 71.4 Å². The van der Waals surface area contributed by atoms with Gasteiger partial charge in [-0.1, -0.05) is 11.6 Å². The molecule has 0 radical (unpaired) electrons. The lowest BCUT2D eigenvalue weighted by Gasteiger charge is -2.21. The van der Waals surface area contributed by atoms with E-state index in [1.165, 1.54) is 0 Å². The van der Waals surface area contributed by atoms with E-state index in [0.29, 0.717) is 16.6 Å². The van der Waals surface area contributed by atoms with Crippen molar-refractivity contribution in [3.8, 4) is 0 Å². The molecule has 3 aromatic rings. The predicted molar refractivity (Wildman–Crippen MR) is 93.0 cm³/mol. The summed E-state index contributed by atoms with van der Waals surface area (Å²) in [6.07, 6.45) is 1.09. The van der Waals surface area contributed by atoms with Gasteiger partial charge in [-0.25, -0.2) is 4.98 Å². The van der Waals surface area contributed by atoms with E-state index in [9.17, 15) is 0 Å². The SMILES string of the molecule is CN(C)C1CCN(c2nc(N)nc3c2oc2ccc(Cl)cc23)C1. The number of hydrogen-bond donors (Lipinski definition) is 1. The van der Waals surface area contributed by atoms with Crippen molar-refractivity contribution in [1.29, 1.82) is 0 Å². The minimum atomic E-state index is 0.253. The third kappa shape index (κ3) is 2.38. The van der Waals surface area contributed by atoms with E-state index in [1.807, 2.05) is 12.1 Å². The number of nitrogens with two attached hydrogens (primary N) is 1. The summed E-state index contributed by atoms with van der Waals surface area (Å²) in [5.41, 5.74) is 8.08. The first-order valence-corrected chi connectivity index (χ1v) is 7.97. The van der Waals surface area contributed by atoms with Crippen LogP contribution in [-0.4, -0.2) is 48.1 Å². The first kappa shape index (κ1) is 14.5. The number of nitrogen functional groups attached to an aromatic ring is 1. The lowest BCUT2D eigenvalue weighted by atomic mass is 10.2. The zero-order valence-electron chi connectivity index (χ0n) is 13.1. The van der Waals surface area contributed by atoms with Gasteiger partial charge in [0.25, 0.3) is 0 Å². The number of nitrogens with zero attached hydrogens (tertiary/aromatic N) is 4. The molecule has 2 aromatic heterocycles. The average molecular weight is 332 g/mol. The van der Waals surface area contributed by atoms with Gasteiger partial charge in [-0.05, 0) is 38.7 Å². The number of anilines is 2. The molecule has 4 rings (SSSR count). The van der Waals surface area contributed by atoms with Gasteiger partial charge in [0.1, 0.15) is 11.1 Å². The Bertz CT molecular complexity index is 891. The zero-order chi connectivity index (χ0) is 16.1. The van der Waals surface area contributed by atoms with Crippen LogP contribution in [0.1, 0.15) is 6.42 Å². The molecule has 1 unspecified atom stereocenters. The van der Waals surface area contributed by atoms with Crippen LogP contribution in [0.5, 0.6) is 0 Å². The number of halogens is 1. The van der Waals surface area contributed by atoms with E-state index in [0.717, 1.165) is 41.8 Å². The molecule has 120 valence electrons. The van der Waals surface area contributed by atoms with Crippen molar-refractivity contribution in [3.05, 3.63) is 23.2 Å². The molecule has 1 aliphatic heterocycles. The van der Waals surface area contributed by atoms with Gasteiger partial charge in [-0.2, -0.15) is 4.98 Å². The maximum atomic E-state index is 6.10. The molecule has 7 heteroatoms. The maximum Gasteiger partial charge on any atom is 0.222 e. The second-order valence-electron chi connectivity index (χ2n) is 6.18. The van der Waals surface area contributed by atoms with Gasteiger partial charge in [-0.3, -0.25) is 0 Å². The van der Waals surface area contributed by atoms with Crippen molar-refractivity contribution in [2.45, 2.75) is 12.5 Å². The Morgan fingerprint density at radius 2 is 2.17 bits per heavy atom. The second-order valence-corrected chi connectivity index (χ2v) is 6.61. The fourth-order valence-corrected chi connectivity index (χ4v) is 3.36. The highest BCUT2D eigenvalue weighted by molar-refractivity contribution is 6.31. The quantitative estimate of drug-likeness (QED) is 0.778. The Hall–Kier alpha value is -2.05. The number of likely N-dealkylation sites (N-methyl/N-ethyl adjacent to an activating group) is 1. The molecule has 1 atom stereocenters. The third-order valence-corrected chi connectivity index (χ3v) is 4.70. The van der Waals surface area contributed by atoms with E-state index in [2.05, 4.69) is 33.9 Å². The van der Waals surface area contributed by atoms with Crippen LogP contribution < -0.4 is 10.6 Å². The zero-order valence-corrected chi connectivity index (χ0v) is 13.8.